The molecule has 4 rings (SSSR count). The predicted molar refractivity (Wildman–Crippen MR) is 112 cm³/mol. The predicted octanol–water partition coefficient (Wildman–Crippen LogP) is 5.83. The van der Waals surface area contributed by atoms with Gasteiger partial charge in [-0.2, -0.15) is 0 Å². The van der Waals surface area contributed by atoms with E-state index in [9.17, 15) is 0 Å². The number of halogens is 1. The van der Waals surface area contributed by atoms with Gasteiger partial charge in [-0.05, 0) is 52.3 Å². The lowest BCUT2D eigenvalue weighted by Crippen LogP contribution is -2.27. The SMILES string of the molecule is Cc1noc2c1-c1sc(C)c(C)c1C(c1ccc(Cl)cc1)=N[C@H]2NC(C)C. The zero-order valence-corrected chi connectivity index (χ0v) is 17.6. The van der Waals surface area contributed by atoms with Gasteiger partial charge < -0.3 is 4.52 Å². The second kappa shape index (κ2) is 6.89. The van der Waals surface area contributed by atoms with Crippen LogP contribution in [0.2, 0.25) is 5.02 Å². The fourth-order valence-corrected chi connectivity index (χ4v) is 4.84. The summed E-state index contributed by atoms with van der Waals surface area (Å²) in [5.41, 5.74) is 6.40. The Morgan fingerprint density at radius 3 is 2.48 bits per heavy atom. The molecule has 0 fully saturated rings. The molecule has 3 heterocycles. The van der Waals surface area contributed by atoms with Crippen molar-refractivity contribution in [3.05, 3.63) is 62.3 Å². The van der Waals surface area contributed by atoms with Crippen LogP contribution in [0.15, 0.2) is 33.8 Å². The van der Waals surface area contributed by atoms with Crippen LogP contribution in [-0.4, -0.2) is 16.9 Å². The number of rotatable bonds is 3. The molecule has 1 aliphatic rings. The molecule has 6 heteroatoms. The molecule has 3 aromatic rings. The Morgan fingerprint density at radius 2 is 1.81 bits per heavy atom. The van der Waals surface area contributed by atoms with Crippen LogP contribution in [0.5, 0.6) is 0 Å². The average Bonchev–Trinajstić information content (AvgIpc) is 3.08. The molecule has 1 atom stereocenters. The minimum absolute atomic E-state index is 0.252. The Morgan fingerprint density at radius 1 is 1.11 bits per heavy atom. The van der Waals surface area contributed by atoms with Crippen LogP contribution in [0.4, 0.5) is 0 Å². The van der Waals surface area contributed by atoms with Crippen LogP contribution in [0.1, 0.15) is 53.0 Å². The highest BCUT2D eigenvalue weighted by atomic mass is 35.5. The van der Waals surface area contributed by atoms with Gasteiger partial charge in [-0.15, -0.1) is 11.3 Å². The van der Waals surface area contributed by atoms with Gasteiger partial charge in [-0.3, -0.25) is 10.3 Å². The first-order valence-corrected chi connectivity index (χ1v) is 10.2. The van der Waals surface area contributed by atoms with Crippen LogP contribution in [0.3, 0.4) is 0 Å². The quantitative estimate of drug-likeness (QED) is 0.602. The Hall–Kier alpha value is -1.95. The zero-order valence-electron chi connectivity index (χ0n) is 16.1. The van der Waals surface area contributed by atoms with Crippen molar-refractivity contribution in [2.24, 2.45) is 4.99 Å². The molecule has 1 aromatic carbocycles. The number of nitrogens with zero attached hydrogens (tertiary/aromatic N) is 2. The minimum atomic E-state index is -0.286. The van der Waals surface area contributed by atoms with Gasteiger partial charge in [0, 0.05) is 31.9 Å². The molecule has 2 aromatic heterocycles. The van der Waals surface area contributed by atoms with E-state index in [1.807, 2.05) is 31.2 Å². The Labute approximate surface area is 168 Å². The normalized spacial score (nSPS) is 16.1. The van der Waals surface area contributed by atoms with E-state index in [0.29, 0.717) is 0 Å². The lowest BCUT2D eigenvalue weighted by molar-refractivity contribution is 0.331. The molecule has 0 saturated heterocycles. The van der Waals surface area contributed by atoms with Gasteiger partial charge in [0.2, 0.25) is 0 Å². The molecule has 0 unspecified atom stereocenters. The molecule has 0 aliphatic carbocycles. The minimum Gasteiger partial charge on any atom is -0.357 e. The second-order valence-corrected chi connectivity index (χ2v) is 8.86. The third kappa shape index (κ3) is 3.14. The highest BCUT2D eigenvalue weighted by Gasteiger charge is 2.33. The van der Waals surface area contributed by atoms with E-state index in [1.165, 1.54) is 20.9 Å². The van der Waals surface area contributed by atoms with Gasteiger partial charge in [0.05, 0.1) is 17.0 Å². The lowest BCUT2D eigenvalue weighted by Gasteiger charge is -2.16. The molecular weight excluding hydrogens is 378 g/mol. The van der Waals surface area contributed by atoms with Crippen molar-refractivity contribution < 1.29 is 4.52 Å². The van der Waals surface area contributed by atoms with Crippen LogP contribution < -0.4 is 5.32 Å². The van der Waals surface area contributed by atoms with E-state index in [4.69, 9.17) is 21.1 Å². The first-order valence-electron chi connectivity index (χ1n) is 9.03. The van der Waals surface area contributed by atoms with Crippen LogP contribution in [-0.2, 0) is 0 Å². The van der Waals surface area contributed by atoms with E-state index < -0.39 is 0 Å². The zero-order chi connectivity index (χ0) is 19.3. The standard InChI is InChI=1S/C21H22ClN3OS/c1-10(2)23-21-19-17(12(4)25-26-19)20-16(11(3)13(5)27-20)18(24-21)14-6-8-15(22)9-7-14/h6-10,21,23H,1-5H3/t21-/m1/s1. The number of aryl methyl sites for hydroxylation is 2. The molecule has 0 amide bonds. The number of hydrogen-bond donors (Lipinski definition) is 1. The van der Waals surface area contributed by atoms with Crippen molar-refractivity contribution in [3.8, 4) is 10.4 Å². The Balaban J connectivity index is 2.02. The maximum absolute atomic E-state index is 6.12. The fourth-order valence-electron chi connectivity index (χ4n) is 3.45. The van der Waals surface area contributed by atoms with Crippen LogP contribution in [0.25, 0.3) is 10.4 Å². The van der Waals surface area contributed by atoms with Gasteiger partial charge in [0.15, 0.2) is 11.9 Å². The summed E-state index contributed by atoms with van der Waals surface area (Å²) in [6.07, 6.45) is -0.286. The maximum atomic E-state index is 6.12. The third-order valence-electron chi connectivity index (χ3n) is 4.85. The molecule has 1 N–H and O–H groups in total. The van der Waals surface area contributed by atoms with Gasteiger partial charge >= 0.3 is 0 Å². The van der Waals surface area contributed by atoms with Crippen LogP contribution in [0, 0.1) is 20.8 Å². The third-order valence-corrected chi connectivity index (χ3v) is 6.33. The number of hydrogen-bond acceptors (Lipinski definition) is 5. The summed E-state index contributed by atoms with van der Waals surface area (Å²) < 4.78 is 5.76. The van der Waals surface area contributed by atoms with Crippen molar-refractivity contribution in [2.45, 2.75) is 46.8 Å². The molecule has 4 nitrogen and oxygen atoms in total. The van der Waals surface area contributed by atoms with Crippen molar-refractivity contribution in [3.63, 3.8) is 0 Å². The first kappa shape index (κ1) is 18.4. The van der Waals surface area contributed by atoms with E-state index in [2.05, 4.69) is 38.2 Å². The van der Waals surface area contributed by atoms with Gasteiger partial charge in [-0.1, -0.05) is 28.9 Å². The second-order valence-electron chi connectivity index (χ2n) is 7.20. The maximum Gasteiger partial charge on any atom is 0.184 e. The molecule has 0 saturated carbocycles. The number of aromatic nitrogens is 1. The monoisotopic (exact) mass is 399 g/mol. The first-order chi connectivity index (χ1) is 12.9. The summed E-state index contributed by atoms with van der Waals surface area (Å²) in [5.74, 6) is 0.785. The number of nitrogens with one attached hydrogen (secondary N) is 1. The summed E-state index contributed by atoms with van der Waals surface area (Å²) in [4.78, 5) is 7.58. The Bertz CT molecular complexity index is 1030. The smallest absolute Gasteiger partial charge is 0.184 e. The molecule has 1 aliphatic heterocycles. The molecular formula is C21H22ClN3OS. The molecule has 27 heavy (non-hydrogen) atoms. The van der Waals surface area contributed by atoms with E-state index in [0.717, 1.165) is 33.3 Å². The summed E-state index contributed by atoms with van der Waals surface area (Å²) in [6.45, 7) is 10.5. The number of thiophene rings is 1. The summed E-state index contributed by atoms with van der Waals surface area (Å²) in [5, 5.41) is 8.49. The molecule has 140 valence electrons. The summed E-state index contributed by atoms with van der Waals surface area (Å²) in [7, 11) is 0. The average molecular weight is 400 g/mol. The Kier molecular flexibility index (Phi) is 4.70. The van der Waals surface area contributed by atoms with Crippen LogP contribution >= 0.6 is 22.9 Å². The number of benzene rings is 1. The van der Waals surface area contributed by atoms with Crippen molar-refractivity contribution in [2.75, 3.05) is 0 Å². The van der Waals surface area contributed by atoms with E-state index >= 15 is 0 Å². The van der Waals surface area contributed by atoms with Gasteiger partial charge in [-0.25, -0.2) is 0 Å². The number of aliphatic imine (C=N–C) groups is 1. The summed E-state index contributed by atoms with van der Waals surface area (Å²) >= 11 is 7.90. The van der Waals surface area contributed by atoms with Crippen molar-refractivity contribution >= 4 is 28.6 Å². The van der Waals surface area contributed by atoms with Gasteiger partial charge in [0.25, 0.3) is 0 Å². The fraction of sp³-hybridized carbons (Fsp3) is 0.333. The van der Waals surface area contributed by atoms with Crippen molar-refractivity contribution in [1.29, 1.82) is 0 Å². The summed E-state index contributed by atoms with van der Waals surface area (Å²) in [6, 6.07) is 8.13. The van der Waals surface area contributed by atoms with E-state index in [1.54, 1.807) is 11.3 Å². The molecule has 0 radical (unpaired) electrons. The van der Waals surface area contributed by atoms with Gasteiger partial charge in [0.1, 0.15) is 0 Å². The highest BCUT2D eigenvalue weighted by Crippen LogP contribution is 2.45. The van der Waals surface area contributed by atoms with E-state index in [-0.39, 0.29) is 12.2 Å². The lowest BCUT2D eigenvalue weighted by atomic mass is 9.96. The number of fused-ring (bicyclic) bond motifs is 3. The molecule has 0 bridgehead atoms. The highest BCUT2D eigenvalue weighted by molar-refractivity contribution is 7.16. The van der Waals surface area contributed by atoms with Crippen molar-refractivity contribution in [1.82, 2.24) is 10.5 Å². The molecule has 0 spiro atoms. The topological polar surface area (TPSA) is 50.4 Å². The largest absolute Gasteiger partial charge is 0.357 e.